The summed E-state index contributed by atoms with van der Waals surface area (Å²) in [5, 5.41) is 23.8. The zero-order valence-corrected chi connectivity index (χ0v) is 15.8. The van der Waals surface area contributed by atoms with E-state index in [2.05, 4.69) is 10.3 Å². The predicted octanol–water partition coefficient (Wildman–Crippen LogP) is 2.88. The number of anilines is 1. The van der Waals surface area contributed by atoms with Crippen LogP contribution in [0, 0.1) is 27.2 Å². The quantitative estimate of drug-likeness (QED) is 0.584. The Morgan fingerprint density at radius 3 is 2.15 bits per heavy atom. The molecule has 1 heterocycles. The maximum absolute atomic E-state index is 12.4. The van der Waals surface area contributed by atoms with Gasteiger partial charge in [0, 0.05) is 26.2 Å². The number of hydrogen-bond donors (Lipinski definition) is 1. The van der Waals surface area contributed by atoms with Crippen LogP contribution in [0.4, 0.5) is 16.5 Å². The zero-order chi connectivity index (χ0) is 20.5. The standard InChI is InChI=1S/C14H12ClN5O6S/c1-6-11(13(22)18(2)3)27-14(16-6)17-12(21)7-4-8(19(23)24)10(15)9(5-7)20(25)26/h4-5H,1-3H3,(H,16,17,21). The van der Waals surface area contributed by atoms with Crippen LogP contribution >= 0.6 is 22.9 Å². The summed E-state index contributed by atoms with van der Waals surface area (Å²) in [5.41, 5.74) is -1.49. The van der Waals surface area contributed by atoms with Crippen LogP contribution in [0.15, 0.2) is 12.1 Å². The highest BCUT2D eigenvalue weighted by Gasteiger charge is 2.27. The number of carbonyl (C=O) groups excluding carboxylic acids is 2. The molecule has 11 nitrogen and oxygen atoms in total. The van der Waals surface area contributed by atoms with Gasteiger partial charge in [0.05, 0.1) is 21.1 Å². The largest absolute Gasteiger partial charge is 0.344 e. The van der Waals surface area contributed by atoms with Gasteiger partial charge in [-0.2, -0.15) is 0 Å². The molecule has 0 unspecified atom stereocenters. The third-order valence-electron chi connectivity index (χ3n) is 3.31. The van der Waals surface area contributed by atoms with Gasteiger partial charge in [-0.25, -0.2) is 4.98 Å². The Bertz CT molecular complexity index is 938. The number of benzene rings is 1. The Hall–Kier alpha value is -3.12. The van der Waals surface area contributed by atoms with E-state index in [1.807, 2.05) is 0 Å². The van der Waals surface area contributed by atoms with Gasteiger partial charge in [0.15, 0.2) is 10.2 Å². The number of aromatic nitrogens is 1. The van der Waals surface area contributed by atoms with Crippen molar-refractivity contribution in [3.05, 3.63) is 53.5 Å². The molecule has 2 aromatic rings. The lowest BCUT2D eigenvalue weighted by molar-refractivity contribution is -0.393. The normalized spacial score (nSPS) is 10.4. The first-order valence-corrected chi connectivity index (χ1v) is 8.35. The van der Waals surface area contributed by atoms with Crippen molar-refractivity contribution in [2.45, 2.75) is 6.92 Å². The Morgan fingerprint density at radius 2 is 1.70 bits per heavy atom. The van der Waals surface area contributed by atoms with E-state index in [9.17, 15) is 29.8 Å². The van der Waals surface area contributed by atoms with Gasteiger partial charge in [0.2, 0.25) is 0 Å². The third-order valence-corrected chi connectivity index (χ3v) is 4.76. The Kier molecular flexibility index (Phi) is 5.71. The molecule has 0 saturated heterocycles. The summed E-state index contributed by atoms with van der Waals surface area (Å²) in [6, 6.07) is 1.66. The molecule has 2 rings (SSSR count). The summed E-state index contributed by atoms with van der Waals surface area (Å²) < 4.78 is 0. The Labute approximate surface area is 160 Å². The molecule has 27 heavy (non-hydrogen) atoms. The van der Waals surface area contributed by atoms with Gasteiger partial charge in [-0.05, 0) is 6.92 Å². The van der Waals surface area contributed by atoms with Crippen LogP contribution in [-0.2, 0) is 0 Å². The number of amides is 2. The van der Waals surface area contributed by atoms with E-state index in [0.29, 0.717) is 10.6 Å². The fraction of sp³-hybridized carbons (Fsp3) is 0.214. The molecule has 0 aliphatic carbocycles. The van der Waals surface area contributed by atoms with Gasteiger partial charge in [0.1, 0.15) is 4.88 Å². The molecule has 1 aromatic carbocycles. The minimum absolute atomic E-state index is 0.0722. The highest BCUT2D eigenvalue weighted by Crippen LogP contribution is 2.35. The highest BCUT2D eigenvalue weighted by atomic mass is 35.5. The second-order valence-electron chi connectivity index (χ2n) is 5.43. The summed E-state index contributed by atoms with van der Waals surface area (Å²) >= 11 is 6.57. The molecule has 13 heteroatoms. The van der Waals surface area contributed by atoms with E-state index >= 15 is 0 Å². The summed E-state index contributed by atoms with van der Waals surface area (Å²) in [7, 11) is 3.12. The number of carbonyl (C=O) groups is 2. The number of rotatable bonds is 5. The van der Waals surface area contributed by atoms with Crippen LogP contribution in [0.25, 0.3) is 0 Å². The average Bonchev–Trinajstić information content (AvgIpc) is 2.93. The van der Waals surface area contributed by atoms with E-state index in [1.165, 1.54) is 4.90 Å². The average molecular weight is 414 g/mol. The summed E-state index contributed by atoms with van der Waals surface area (Å²) in [6.45, 7) is 1.58. The van der Waals surface area contributed by atoms with E-state index in [1.54, 1.807) is 21.0 Å². The molecule has 0 saturated carbocycles. The number of nitro benzene ring substituents is 2. The van der Waals surface area contributed by atoms with Crippen LogP contribution in [0.2, 0.25) is 5.02 Å². The van der Waals surface area contributed by atoms with Crippen LogP contribution in [0.5, 0.6) is 0 Å². The van der Waals surface area contributed by atoms with E-state index in [0.717, 1.165) is 23.5 Å². The summed E-state index contributed by atoms with van der Waals surface area (Å²) in [4.78, 5) is 50.3. The van der Waals surface area contributed by atoms with Crippen molar-refractivity contribution in [2.24, 2.45) is 0 Å². The molecule has 0 fully saturated rings. The minimum Gasteiger partial charge on any atom is -0.344 e. The predicted molar refractivity (Wildman–Crippen MR) is 97.6 cm³/mol. The lowest BCUT2D eigenvalue weighted by Gasteiger charge is -2.07. The number of nitro groups is 2. The van der Waals surface area contributed by atoms with Gasteiger partial charge < -0.3 is 4.90 Å². The molecule has 0 radical (unpaired) electrons. The second kappa shape index (κ2) is 7.63. The van der Waals surface area contributed by atoms with Gasteiger partial charge >= 0.3 is 0 Å². The van der Waals surface area contributed by atoms with Crippen molar-refractivity contribution < 1.29 is 19.4 Å². The number of halogens is 1. The van der Waals surface area contributed by atoms with Gasteiger partial charge in [0.25, 0.3) is 23.2 Å². The third kappa shape index (κ3) is 4.17. The van der Waals surface area contributed by atoms with Gasteiger partial charge in [-0.1, -0.05) is 22.9 Å². The second-order valence-corrected chi connectivity index (χ2v) is 6.81. The van der Waals surface area contributed by atoms with Gasteiger partial charge in [-0.15, -0.1) is 0 Å². The molecule has 0 aliphatic rings. The lowest BCUT2D eigenvalue weighted by atomic mass is 10.1. The van der Waals surface area contributed by atoms with Crippen LogP contribution < -0.4 is 5.32 Å². The van der Waals surface area contributed by atoms with Crippen molar-refractivity contribution in [3.8, 4) is 0 Å². The van der Waals surface area contributed by atoms with Crippen LogP contribution in [0.3, 0.4) is 0 Å². The number of aryl methyl sites for hydroxylation is 1. The van der Waals surface area contributed by atoms with Crippen molar-refractivity contribution >= 4 is 51.3 Å². The summed E-state index contributed by atoms with van der Waals surface area (Å²) in [6.07, 6.45) is 0. The Morgan fingerprint density at radius 1 is 1.19 bits per heavy atom. The zero-order valence-electron chi connectivity index (χ0n) is 14.2. The molecular formula is C14H12ClN5O6S. The first-order chi connectivity index (χ1) is 12.5. The maximum Gasteiger partial charge on any atom is 0.295 e. The molecule has 1 N–H and O–H groups in total. The molecule has 2 amide bonds. The van der Waals surface area contributed by atoms with Crippen LogP contribution in [0.1, 0.15) is 25.7 Å². The molecule has 0 spiro atoms. The molecule has 0 bridgehead atoms. The Balaban J connectivity index is 2.39. The summed E-state index contributed by atoms with van der Waals surface area (Å²) in [5.74, 6) is -1.17. The molecule has 0 aliphatic heterocycles. The van der Waals surface area contributed by atoms with Crippen molar-refractivity contribution in [3.63, 3.8) is 0 Å². The van der Waals surface area contributed by atoms with Crippen molar-refractivity contribution in [1.82, 2.24) is 9.88 Å². The lowest BCUT2D eigenvalue weighted by Crippen LogP contribution is -2.21. The SMILES string of the molecule is Cc1nc(NC(=O)c2cc([N+](=O)[O-])c(Cl)c([N+](=O)[O-])c2)sc1C(=O)N(C)C. The monoisotopic (exact) mass is 413 g/mol. The topological polar surface area (TPSA) is 149 Å². The van der Waals surface area contributed by atoms with Gasteiger partial charge in [-0.3, -0.25) is 35.1 Å². The van der Waals surface area contributed by atoms with E-state index in [4.69, 9.17) is 11.6 Å². The minimum atomic E-state index is -0.923. The van der Waals surface area contributed by atoms with E-state index in [-0.39, 0.29) is 16.6 Å². The molecule has 142 valence electrons. The van der Waals surface area contributed by atoms with Crippen molar-refractivity contribution in [1.29, 1.82) is 0 Å². The first kappa shape index (κ1) is 20.2. The fourth-order valence-electron chi connectivity index (χ4n) is 2.01. The fourth-order valence-corrected chi connectivity index (χ4v) is 3.24. The van der Waals surface area contributed by atoms with Crippen molar-refractivity contribution in [2.75, 3.05) is 19.4 Å². The molecule has 0 atom stereocenters. The molecule has 1 aromatic heterocycles. The van der Waals surface area contributed by atoms with Crippen LogP contribution in [-0.4, -0.2) is 45.6 Å². The number of thiazole rings is 1. The smallest absolute Gasteiger partial charge is 0.295 e. The first-order valence-electron chi connectivity index (χ1n) is 7.15. The number of nitrogens with zero attached hydrogens (tertiary/aromatic N) is 4. The highest BCUT2D eigenvalue weighted by molar-refractivity contribution is 7.17. The maximum atomic E-state index is 12.4. The van der Waals surface area contributed by atoms with E-state index < -0.39 is 32.2 Å². The number of hydrogen-bond acceptors (Lipinski definition) is 8. The molecular weight excluding hydrogens is 402 g/mol. The number of nitrogens with one attached hydrogen (secondary N) is 1.